The summed E-state index contributed by atoms with van der Waals surface area (Å²) in [5, 5.41) is 3.18. The van der Waals surface area contributed by atoms with Crippen molar-refractivity contribution in [1.82, 2.24) is 15.0 Å². The smallest absolute Gasteiger partial charge is 0.324 e. The van der Waals surface area contributed by atoms with Gasteiger partial charge in [-0.15, -0.1) is 16.6 Å². The van der Waals surface area contributed by atoms with Crippen LogP contribution in [0.3, 0.4) is 0 Å². The molecule has 0 spiro atoms. The Morgan fingerprint density at radius 1 is 1.11 bits per heavy atom. The Balaban J connectivity index is 2.64. The number of hydrogen-bond donors (Lipinski definition) is 1. The van der Waals surface area contributed by atoms with Gasteiger partial charge in [0, 0.05) is 12.4 Å². The second kappa shape index (κ2) is 8.74. The first-order valence-electron chi connectivity index (χ1n) is 6.37. The van der Waals surface area contributed by atoms with Gasteiger partial charge in [0.25, 0.3) is 0 Å². The summed E-state index contributed by atoms with van der Waals surface area (Å²) in [6.45, 7) is 2.94. The van der Waals surface area contributed by atoms with Crippen molar-refractivity contribution in [3.8, 4) is 12.0 Å². The molecule has 1 atom stereocenters. The second-order valence-corrected chi connectivity index (χ2v) is 4.52. The first kappa shape index (κ1) is 15.8. The summed E-state index contributed by atoms with van der Waals surface area (Å²) in [6, 6.07) is 0.470. The molecule has 0 aliphatic rings. The summed E-state index contributed by atoms with van der Waals surface area (Å²) < 4.78 is 9.99. The van der Waals surface area contributed by atoms with E-state index in [1.54, 1.807) is 0 Å². The van der Waals surface area contributed by atoms with Gasteiger partial charge >= 0.3 is 12.0 Å². The molecule has 0 fully saturated rings. The van der Waals surface area contributed by atoms with E-state index < -0.39 is 0 Å². The second-order valence-electron chi connectivity index (χ2n) is 4.15. The van der Waals surface area contributed by atoms with E-state index >= 15 is 0 Å². The van der Waals surface area contributed by atoms with Crippen LogP contribution < -0.4 is 14.8 Å². The predicted octanol–water partition coefficient (Wildman–Crippen LogP) is 2.35. The van der Waals surface area contributed by atoms with Gasteiger partial charge in [0.05, 0.1) is 14.2 Å². The molecule has 0 bridgehead atoms. The highest BCUT2D eigenvalue weighted by atomic mass is 35.5. The van der Waals surface area contributed by atoms with Gasteiger partial charge in [-0.3, -0.25) is 0 Å². The minimum Gasteiger partial charge on any atom is -0.467 e. The van der Waals surface area contributed by atoms with E-state index in [2.05, 4.69) is 27.2 Å². The van der Waals surface area contributed by atoms with Crippen LogP contribution in [0.4, 0.5) is 5.95 Å². The summed E-state index contributed by atoms with van der Waals surface area (Å²) in [6.07, 6.45) is 3.23. The number of alkyl halides is 1. The lowest BCUT2D eigenvalue weighted by Crippen LogP contribution is -2.17. The van der Waals surface area contributed by atoms with E-state index in [4.69, 9.17) is 21.1 Å². The lowest BCUT2D eigenvalue weighted by atomic mass is 10.0. The number of aromatic nitrogens is 3. The molecule has 19 heavy (non-hydrogen) atoms. The van der Waals surface area contributed by atoms with Crippen molar-refractivity contribution in [2.24, 2.45) is 5.92 Å². The molecular weight excluding hydrogens is 268 g/mol. The molecule has 1 aromatic rings. The SMILES string of the molecule is CCCC(CCCl)CNc1nc(OC)nc(OC)n1. The molecular formula is C12H21ClN4O2. The van der Waals surface area contributed by atoms with Crippen molar-refractivity contribution in [3.05, 3.63) is 0 Å². The standard InChI is InChI=1S/C12H21ClN4O2/c1-4-5-9(6-7-13)8-14-10-15-11(18-2)17-12(16-10)19-3/h9H,4-8H2,1-3H3,(H,14,15,16,17). The highest BCUT2D eigenvalue weighted by Gasteiger charge is 2.10. The van der Waals surface area contributed by atoms with Gasteiger partial charge in [0.2, 0.25) is 5.95 Å². The maximum Gasteiger partial charge on any atom is 0.324 e. The molecule has 1 aromatic heterocycles. The van der Waals surface area contributed by atoms with Crippen LogP contribution in [-0.2, 0) is 0 Å². The molecule has 0 saturated carbocycles. The third kappa shape index (κ3) is 5.46. The topological polar surface area (TPSA) is 69.2 Å². The fourth-order valence-electron chi connectivity index (χ4n) is 1.75. The Labute approximate surface area is 118 Å². The molecule has 1 heterocycles. The first-order valence-corrected chi connectivity index (χ1v) is 6.90. The molecule has 0 aliphatic heterocycles. The van der Waals surface area contributed by atoms with Crippen LogP contribution in [0.1, 0.15) is 26.2 Å². The van der Waals surface area contributed by atoms with Crippen LogP contribution in [-0.4, -0.2) is 41.6 Å². The third-order valence-corrected chi connectivity index (χ3v) is 2.94. The predicted molar refractivity (Wildman–Crippen MR) is 75.2 cm³/mol. The number of nitrogens with zero attached hydrogens (tertiary/aromatic N) is 3. The molecule has 0 radical (unpaired) electrons. The molecule has 108 valence electrons. The maximum atomic E-state index is 5.80. The van der Waals surface area contributed by atoms with Crippen LogP contribution in [0.5, 0.6) is 12.0 Å². The lowest BCUT2D eigenvalue weighted by molar-refractivity contribution is 0.341. The Kier molecular flexibility index (Phi) is 7.25. The first-order chi connectivity index (χ1) is 9.23. The van der Waals surface area contributed by atoms with Crippen LogP contribution in [0.25, 0.3) is 0 Å². The summed E-state index contributed by atoms with van der Waals surface area (Å²) in [4.78, 5) is 12.2. The zero-order chi connectivity index (χ0) is 14.1. The van der Waals surface area contributed by atoms with Crippen molar-refractivity contribution < 1.29 is 9.47 Å². The van der Waals surface area contributed by atoms with Gasteiger partial charge in [-0.25, -0.2) is 0 Å². The fraction of sp³-hybridized carbons (Fsp3) is 0.750. The highest BCUT2D eigenvalue weighted by molar-refractivity contribution is 6.17. The van der Waals surface area contributed by atoms with Crippen LogP contribution in [0.2, 0.25) is 0 Å². The molecule has 0 aromatic carbocycles. The Morgan fingerprint density at radius 3 is 2.21 bits per heavy atom. The number of anilines is 1. The van der Waals surface area contributed by atoms with E-state index in [9.17, 15) is 0 Å². The van der Waals surface area contributed by atoms with Crippen molar-refractivity contribution >= 4 is 17.5 Å². The Bertz CT molecular complexity index is 350. The van der Waals surface area contributed by atoms with Gasteiger partial charge in [-0.1, -0.05) is 13.3 Å². The summed E-state index contributed by atoms with van der Waals surface area (Å²) in [5.74, 6) is 1.63. The zero-order valence-corrected chi connectivity index (χ0v) is 12.4. The monoisotopic (exact) mass is 288 g/mol. The molecule has 1 unspecified atom stereocenters. The van der Waals surface area contributed by atoms with Crippen LogP contribution >= 0.6 is 11.6 Å². The maximum absolute atomic E-state index is 5.80. The zero-order valence-electron chi connectivity index (χ0n) is 11.6. The molecule has 0 saturated heterocycles. The van der Waals surface area contributed by atoms with Gasteiger partial charge in [0.1, 0.15) is 0 Å². The lowest BCUT2D eigenvalue weighted by Gasteiger charge is -2.15. The number of methoxy groups -OCH3 is 2. The summed E-state index contributed by atoms with van der Waals surface area (Å²) in [5.41, 5.74) is 0. The number of hydrogen-bond acceptors (Lipinski definition) is 6. The Morgan fingerprint density at radius 2 is 1.74 bits per heavy atom. The molecule has 6 nitrogen and oxygen atoms in total. The quantitative estimate of drug-likeness (QED) is 0.704. The summed E-state index contributed by atoms with van der Waals surface area (Å²) in [7, 11) is 3.01. The van der Waals surface area contributed by atoms with E-state index in [0.717, 1.165) is 25.8 Å². The minimum absolute atomic E-state index is 0.235. The van der Waals surface area contributed by atoms with E-state index in [1.165, 1.54) is 14.2 Å². The van der Waals surface area contributed by atoms with Crippen molar-refractivity contribution in [1.29, 1.82) is 0 Å². The minimum atomic E-state index is 0.235. The third-order valence-electron chi connectivity index (χ3n) is 2.72. The normalized spacial score (nSPS) is 12.0. The molecule has 7 heteroatoms. The van der Waals surface area contributed by atoms with Gasteiger partial charge in [-0.2, -0.15) is 9.97 Å². The summed E-state index contributed by atoms with van der Waals surface area (Å²) >= 11 is 5.80. The highest BCUT2D eigenvalue weighted by Crippen LogP contribution is 2.15. The van der Waals surface area contributed by atoms with Crippen molar-refractivity contribution in [3.63, 3.8) is 0 Å². The molecule has 0 aliphatic carbocycles. The van der Waals surface area contributed by atoms with Gasteiger partial charge in [0.15, 0.2) is 0 Å². The number of ether oxygens (including phenoxy) is 2. The van der Waals surface area contributed by atoms with Gasteiger partial charge < -0.3 is 14.8 Å². The van der Waals surface area contributed by atoms with E-state index in [-0.39, 0.29) is 12.0 Å². The molecule has 0 amide bonds. The van der Waals surface area contributed by atoms with Crippen molar-refractivity contribution in [2.45, 2.75) is 26.2 Å². The average molecular weight is 289 g/mol. The molecule has 1 N–H and O–H groups in total. The molecule has 1 rings (SSSR count). The largest absolute Gasteiger partial charge is 0.467 e. The van der Waals surface area contributed by atoms with E-state index in [1.807, 2.05) is 0 Å². The van der Waals surface area contributed by atoms with E-state index in [0.29, 0.717) is 17.7 Å². The van der Waals surface area contributed by atoms with Crippen LogP contribution in [0.15, 0.2) is 0 Å². The number of rotatable bonds is 9. The fourth-order valence-corrected chi connectivity index (χ4v) is 2.05. The van der Waals surface area contributed by atoms with Crippen LogP contribution in [0, 0.1) is 5.92 Å². The number of nitrogens with one attached hydrogen (secondary N) is 1. The number of halogens is 1. The van der Waals surface area contributed by atoms with Gasteiger partial charge in [-0.05, 0) is 18.8 Å². The van der Waals surface area contributed by atoms with Crippen molar-refractivity contribution in [2.75, 3.05) is 32.0 Å². The average Bonchev–Trinajstić information content (AvgIpc) is 2.44. The Hall–Kier alpha value is -1.30.